The van der Waals surface area contributed by atoms with Gasteiger partial charge in [0.25, 0.3) is 0 Å². The lowest BCUT2D eigenvalue weighted by atomic mass is 9.90. The van der Waals surface area contributed by atoms with Gasteiger partial charge in [-0.05, 0) is 25.7 Å². The van der Waals surface area contributed by atoms with Crippen LogP contribution in [0.25, 0.3) is 0 Å². The minimum absolute atomic E-state index is 0.0570. The molecular formula is C16H26N4. The van der Waals surface area contributed by atoms with Crippen LogP contribution in [0.4, 0.5) is 5.69 Å². The van der Waals surface area contributed by atoms with Crippen molar-refractivity contribution in [2.75, 3.05) is 18.0 Å². The smallest absolute Gasteiger partial charge is 0.131 e. The molecule has 2 aliphatic rings. The number of nitrogens with two attached hydrogens (primary N) is 1. The summed E-state index contributed by atoms with van der Waals surface area (Å²) in [5, 5.41) is 0. The normalized spacial score (nSPS) is 21.3. The molecule has 1 aromatic rings. The minimum Gasteiger partial charge on any atom is -0.369 e. The molecule has 2 heterocycles. The Morgan fingerprint density at radius 1 is 1.15 bits per heavy atom. The third kappa shape index (κ3) is 2.80. The van der Waals surface area contributed by atoms with Crippen molar-refractivity contribution < 1.29 is 0 Å². The van der Waals surface area contributed by atoms with Gasteiger partial charge in [0, 0.05) is 30.5 Å². The van der Waals surface area contributed by atoms with Gasteiger partial charge in [0.2, 0.25) is 0 Å². The van der Waals surface area contributed by atoms with Gasteiger partial charge in [-0.15, -0.1) is 0 Å². The highest BCUT2D eigenvalue weighted by atomic mass is 15.2. The molecule has 0 bridgehead atoms. The number of nitrogens with zero attached hydrogens (tertiary/aromatic N) is 3. The van der Waals surface area contributed by atoms with Crippen molar-refractivity contribution in [2.45, 2.75) is 63.8 Å². The van der Waals surface area contributed by atoms with E-state index >= 15 is 0 Å². The summed E-state index contributed by atoms with van der Waals surface area (Å²) in [6.07, 6.45) is 6.68. The van der Waals surface area contributed by atoms with Crippen LogP contribution in [0.1, 0.15) is 63.9 Å². The monoisotopic (exact) mass is 274 g/mol. The Bertz CT molecular complexity index is 480. The second-order valence-corrected chi connectivity index (χ2v) is 7.31. The fourth-order valence-electron chi connectivity index (χ4n) is 2.85. The van der Waals surface area contributed by atoms with E-state index in [0.717, 1.165) is 31.8 Å². The van der Waals surface area contributed by atoms with Crippen LogP contribution in [0.3, 0.4) is 0 Å². The van der Waals surface area contributed by atoms with Crippen LogP contribution in [0.5, 0.6) is 0 Å². The molecule has 4 heteroatoms. The quantitative estimate of drug-likeness (QED) is 0.900. The molecule has 1 aromatic heterocycles. The molecule has 0 amide bonds. The van der Waals surface area contributed by atoms with Crippen LogP contribution in [0.15, 0.2) is 6.20 Å². The van der Waals surface area contributed by atoms with Crippen molar-refractivity contribution in [1.82, 2.24) is 9.97 Å². The number of piperidine rings is 1. The van der Waals surface area contributed by atoms with Crippen molar-refractivity contribution in [3.8, 4) is 0 Å². The third-order valence-electron chi connectivity index (χ3n) is 4.32. The predicted octanol–water partition coefficient (Wildman–Crippen LogP) is 2.58. The second-order valence-electron chi connectivity index (χ2n) is 7.31. The van der Waals surface area contributed by atoms with E-state index in [4.69, 9.17) is 10.7 Å². The molecule has 0 radical (unpaired) electrons. The lowest BCUT2D eigenvalue weighted by molar-refractivity contribution is 0.492. The Hall–Kier alpha value is -1.16. The molecule has 2 N–H and O–H groups in total. The molecule has 2 fully saturated rings. The molecule has 4 nitrogen and oxygen atoms in total. The summed E-state index contributed by atoms with van der Waals surface area (Å²) in [7, 11) is 0. The van der Waals surface area contributed by atoms with Gasteiger partial charge in [0.15, 0.2) is 0 Å². The van der Waals surface area contributed by atoms with Gasteiger partial charge >= 0.3 is 0 Å². The van der Waals surface area contributed by atoms with Crippen molar-refractivity contribution in [3.63, 3.8) is 0 Å². The Morgan fingerprint density at radius 3 is 2.35 bits per heavy atom. The standard InChI is InChI=1S/C16H26N4/c1-16(2,3)14-13(20-8-6-12(17)7-9-20)10-18-15(19-14)11-4-5-11/h10-12H,4-9,17H2,1-3H3. The molecule has 110 valence electrons. The van der Waals surface area contributed by atoms with Crippen molar-refractivity contribution in [1.29, 1.82) is 0 Å². The molecule has 3 rings (SSSR count). The first-order valence-electron chi connectivity index (χ1n) is 7.83. The van der Waals surface area contributed by atoms with Gasteiger partial charge in [-0.3, -0.25) is 0 Å². The maximum Gasteiger partial charge on any atom is 0.131 e. The lowest BCUT2D eigenvalue weighted by Gasteiger charge is -2.35. The van der Waals surface area contributed by atoms with E-state index in [-0.39, 0.29) is 5.41 Å². The molecule has 0 unspecified atom stereocenters. The number of aromatic nitrogens is 2. The molecular weight excluding hydrogens is 248 g/mol. The lowest BCUT2D eigenvalue weighted by Crippen LogP contribution is -2.41. The number of hydrogen-bond acceptors (Lipinski definition) is 4. The van der Waals surface area contributed by atoms with Crippen molar-refractivity contribution in [2.24, 2.45) is 5.73 Å². The maximum atomic E-state index is 6.01. The zero-order chi connectivity index (χ0) is 14.3. The maximum absolute atomic E-state index is 6.01. The molecule has 0 aromatic carbocycles. The van der Waals surface area contributed by atoms with E-state index in [0.29, 0.717) is 12.0 Å². The second kappa shape index (κ2) is 4.99. The van der Waals surface area contributed by atoms with Crippen molar-refractivity contribution in [3.05, 3.63) is 17.7 Å². The van der Waals surface area contributed by atoms with Crippen LogP contribution < -0.4 is 10.6 Å². The summed E-state index contributed by atoms with van der Waals surface area (Å²) in [5.41, 5.74) is 8.49. The van der Waals surface area contributed by atoms with Gasteiger partial charge < -0.3 is 10.6 Å². The number of rotatable bonds is 2. The fourth-order valence-corrected chi connectivity index (χ4v) is 2.85. The third-order valence-corrected chi connectivity index (χ3v) is 4.32. The highest BCUT2D eigenvalue weighted by Crippen LogP contribution is 2.40. The first kappa shape index (κ1) is 13.8. The van der Waals surface area contributed by atoms with Gasteiger partial charge in [0.1, 0.15) is 5.82 Å². The van der Waals surface area contributed by atoms with Gasteiger partial charge in [-0.25, -0.2) is 9.97 Å². The highest BCUT2D eigenvalue weighted by molar-refractivity contribution is 5.52. The number of hydrogen-bond donors (Lipinski definition) is 1. The molecule has 1 saturated carbocycles. The zero-order valence-corrected chi connectivity index (χ0v) is 12.9. The summed E-state index contributed by atoms with van der Waals surface area (Å²) in [5.74, 6) is 1.66. The summed E-state index contributed by atoms with van der Waals surface area (Å²) in [4.78, 5) is 12.0. The number of anilines is 1. The van der Waals surface area contributed by atoms with Crippen LogP contribution in [-0.4, -0.2) is 29.1 Å². The Balaban J connectivity index is 1.92. The van der Waals surface area contributed by atoms with E-state index < -0.39 is 0 Å². The summed E-state index contributed by atoms with van der Waals surface area (Å²) < 4.78 is 0. The Kier molecular flexibility index (Phi) is 3.44. The molecule has 20 heavy (non-hydrogen) atoms. The summed E-state index contributed by atoms with van der Waals surface area (Å²) in [6, 6.07) is 0.357. The average molecular weight is 274 g/mol. The van der Waals surface area contributed by atoms with Crippen LogP contribution in [0.2, 0.25) is 0 Å². The molecule has 1 saturated heterocycles. The van der Waals surface area contributed by atoms with E-state index in [2.05, 4.69) is 36.9 Å². The van der Waals surface area contributed by atoms with E-state index in [1.165, 1.54) is 24.2 Å². The van der Waals surface area contributed by atoms with Gasteiger partial charge in [-0.1, -0.05) is 20.8 Å². The summed E-state index contributed by atoms with van der Waals surface area (Å²) >= 11 is 0. The Morgan fingerprint density at radius 2 is 1.80 bits per heavy atom. The van der Waals surface area contributed by atoms with Crippen LogP contribution in [0, 0.1) is 0 Å². The van der Waals surface area contributed by atoms with Gasteiger partial charge in [0.05, 0.1) is 17.6 Å². The highest BCUT2D eigenvalue weighted by Gasteiger charge is 2.31. The fraction of sp³-hybridized carbons (Fsp3) is 0.750. The van der Waals surface area contributed by atoms with Crippen LogP contribution >= 0.6 is 0 Å². The van der Waals surface area contributed by atoms with Crippen LogP contribution in [-0.2, 0) is 5.41 Å². The van der Waals surface area contributed by atoms with E-state index in [9.17, 15) is 0 Å². The molecule has 1 aliphatic carbocycles. The minimum atomic E-state index is 0.0570. The van der Waals surface area contributed by atoms with Gasteiger partial charge in [-0.2, -0.15) is 0 Å². The SMILES string of the molecule is CC(C)(C)c1nc(C2CC2)ncc1N1CCC(N)CC1. The van der Waals surface area contributed by atoms with E-state index in [1.54, 1.807) is 0 Å². The predicted molar refractivity (Wildman–Crippen MR) is 82.1 cm³/mol. The molecule has 0 atom stereocenters. The van der Waals surface area contributed by atoms with E-state index in [1.807, 2.05) is 0 Å². The van der Waals surface area contributed by atoms with Crippen molar-refractivity contribution >= 4 is 5.69 Å². The summed E-state index contributed by atoms with van der Waals surface area (Å²) in [6.45, 7) is 8.77. The topological polar surface area (TPSA) is 55.0 Å². The largest absolute Gasteiger partial charge is 0.369 e. The molecule has 0 spiro atoms. The molecule has 1 aliphatic heterocycles. The average Bonchev–Trinajstić information content (AvgIpc) is 3.22. The first-order valence-corrected chi connectivity index (χ1v) is 7.83. The first-order chi connectivity index (χ1) is 9.45. The Labute approximate surface area is 121 Å². The zero-order valence-electron chi connectivity index (χ0n) is 12.9.